The van der Waals surface area contributed by atoms with E-state index in [1.54, 1.807) is 30.1 Å². The number of nitrogens with one attached hydrogen (secondary N) is 1. The SMILES string of the molecule is CN(Cc1ccccc1F)c1nc(NN)ncc1Cl. The van der Waals surface area contributed by atoms with Crippen LogP contribution < -0.4 is 16.2 Å². The smallest absolute Gasteiger partial charge is 0.239 e. The summed E-state index contributed by atoms with van der Waals surface area (Å²) in [6.45, 7) is 0.341. The van der Waals surface area contributed by atoms with Crippen LogP contribution in [-0.4, -0.2) is 17.0 Å². The van der Waals surface area contributed by atoms with Gasteiger partial charge in [-0.05, 0) is 6.07 Å². The molecule has 2 rings (SSSR count). The van der Waals surface area contributed by atoms with E-state index in [9.17, 15) is 4.39 Å². The van der Waals surface area contributed by atoms with Gasteiger partial charge in [-0.2, -0.15) is 4.98 Å². The minimum Gasteiger partial charge on any atom is -0.354 e. The number of nitrogens with two attached hydrogens (primary N) is 1. The first-order valence-electron chi connectivity index (χ1n) is 5.55. The molecule has 1 heterocycles. The van der Waals surface area contributed by atoms with E-state index in [2.05, 4.69) is 15.4 Å². The molecule has 3 N–H and O–H groups in total. The van der Waals surface area contributed by atoms with Gasteiger partial charge in [0.25, 0.3) is 0 Å². The average molecular weight is 282 g/mol. The van der Waals surface area contributed by atoms with E-state index >= 15 is 0 Å². The number of halogens is 2. The normalized spacial score (nSPS) is 10.3. The van der Waals surface area contributed by atoms with Crippen molar-refractivity contribution in [3.63, 3.8) is 0 Å². The second kappa shape index (κ2) is 5.81. The van der Waals surface area contributed by atoms with Gasteiger partial charge in [0.05, 0.1) is 6.20 Å². The predicted molar refractivity (Wildman–Crippen MR) is 73.4 cm³/mol. The van der Waals surface area contributed by atoms with E-state index < -0.39 is 0 Å². The van der Waals surface area contributed by atoms with Crippen molar-refractivity contribution in [1.82, 2.24) is 9.97 Å². The summed E-state index contributed by atoms with van der Waals surface area (Å²) >= 11 is 6.03. The Kier molecular flexibility index (Phi) is 4.13. The molecule has 1 aromatic heterocycles. The van der Waals surface area contributed by atoms with Crippen LogP contribution in [0.1, 0.15) is 5.56 Å². The van der Waals surface area contributed by atoms with Crippen LogP contribution in [0, 0.1) is 5.82 Å². The van der Waals surface area contributed by atoms with E-state index in [1.807, 2.05) is 0 Å². The number of hydrogen-bond acceptors (Lipinski definition) is 5. The van der Waals surface area contributed by atoms with Crippen molar-refractivity contribution in [2.45, 2.75) is 6.54 Å². The molecule has 0 aliphatic rings. The highest BCUT2D eigenvalue weighted by Crippen LogP contribution is 2.24. The van der Waals surface area contributed by atoms with Gasteiger partial charge in [0.15, 0.2) is 5.82 Å². The summed E-state index contributed by atoms with van der Waals surface area (Å²) in [6.07, 6.45) is 1.44. The quantitative estimate of drug-likeness (QED) is 0.664. The van der Waals surface area contributed by atoms with Crippen LogP contribution >= 0.6 is 11.6 Å². The Hall–Kier alpha value is -1.92. The second-order valence-electron chi connectivity index (χ2n) is 3.96. The first-order valence-corrected chi connectivity index (χ1v) is 5.93. The first kappa shape index (κ1) is 13.5. The molecule has 19 heavy (non-hydrogen) atoms. The Bertz CT molecular complexity index is 578. The van der Waals surface area contributed by atoms with Crippen molar-refractivity contribution in [1.29, 1.82) is 0 Å². The van der Waals surface area contributed by atoms with E-state index in [4.69, 9.17) is 17.4 Å². The lowest BCUT2D eigenvalue weighted by molar-refractivity contribution is 0.607. The largest absolute Gasteiger partial charge is 0.354 e. The third-order valence-electron chi connectivity index (χ3n) is 2.58. The molecule has 0 fully saturated rings. The minimum atomic E-state index is -0.267. The maximum absolute atomic E-state index is 13.6. The molecular formula is C12H13ClFN5. The number of hydrazine groups is 1. The zero-order valence-corrected chi connectivity index (χ0v) is 11.0. The lowest BCUT2D eigenvalue weighted by Crippen LogP contribution is -2.20. The molecule has 0 spiro atoms. The van der Waals surface area contributed by atoms with E-state index in [0.29, 0.717) is 22.9 Å². The predicted octanol–water partition coefficient (Wildman–Crippen LogP) is 2.19. The van der Waals surface area contributed by atoms with E-state index in [-0.39, 0.29) is 11.8 Å². The van der Waals surface area contributed by atoms with Gasteiger partial charge in [-0.25, -0.2) is 15.2 Å². The fourth-order valence-electron chi connectivity index (χ4n) is 1.65. The average Bonchev–Trinajstić information content (AvgIpc) is 2.42. The standard InChI is InChI=1S/C12H13ClFN5/c1-19(7-8-4-2-3-5-10(8)14)11-9(13)6-16-12(17-11)18-15/h2-6H,7,15H2,1H3,(H,16,17,18). The number of hydrogen-bond donors (Lipinski definition) is 2. The molecule has 0 bridgehead atoms. The van der Waals surface area contributed by atoms with Crippen molar-refractivity contribution in [3.05, 3.63) is 46.9 Å². The maximum Gasteiger partial charge on any atom is 0.239 e. The third-order valence-corrected chi connectivity index (χ3v) is 2.85. The molecule has 1 aromatic carbocycles. The fourth-order valence-corrected chi connectivity index (χ4v) is 1.89. The minimum absolute atomic E-state index is 0.250. The van der Waals surface area contributed by atoms with Gasteiger partial charge in [0.1, 0.15) is 10.8 Å². The van der Waals surface area contributed by atoms with Gasteiger partial charge in [0, 0.05) is 19.2 Å². The van der Waals surface area contributed by atoms with Gasteiger partial charge in [-0.15, -0.1) is 0 Å². The van der Waals surface area contributed by atoms with Gasteiger partial charge in [-0.3, -0.25) is 5.43 Å². The Morgan fingerprint density at radius 2 is 2.16 bits per heavy atom. The number of nitrogen functional groups attached to an aromatic ring is 1. The zero-order valence-electron chi connectivity index (χ0n) is 10.3. The van der Waals surface area contributed by atoms with Crippen molar-refractivity contribution in [2.75, 3.05) is 17.4 Å². The molecule has 0 atom stereocenters. The van der Waals surface area contributed by atoms with Crippen LogP contribution in [0.3, 0.4) is 0 Å². The third kappa shape index (κ3) is 3.10. The van der Waals surface area contributed by atoms with Crippen LogP contribution in [0.25, 0.3) is 0 Å². The maximum atomic E-state index is 13.6. The molecule has 0 saturated heterocycles. The van der Waals surface area contributed by atoms with Gasteiger partial charge >= 0.3 is 0 Å². The topological polar surface area (TPSA) is 67.1 Å². The first-order chi connectivity index (χ1) is 9.11. The molecule has 0 radical (unpaired) electrons. The number of rotatable bonds is 4. The molecule has 0 aliphatic carbocycles. The second-order valence-corrected chi connectivity index (χ2v) is 4.36. The Morgan fingerprint density at radius 3 is 2.84 bits per heavy atom. The molecule has 0 aliphatic heterocycles. The van der Waals surface area contributed by atoms with Crippen molar-refractivity contribution in [3.8, 4) is 0 Å². The number of anilines is 2. The van der Waals surface area contributed by atoms with E-state index in [0.717, 1.165) is 0 Å². The monoisotopic (exact) mass is 281 g/mol. The van der Waals surface area contributed by atoms with Crippen molar-refractivity contribution < 1.29 is 4.39 Å². The summed E-state index contributed by atoms with van der Waals surface area (Å²) in [6, 6.07) is 6.55. The summed E-state index contributed by atoms with van der Waals surface area (Å²) in [5, 5.41) is 0.373. The summed E-state index contributed by atoms with van der Waals surface area (Å²) in [7, 11) is 1.76. The highest BCUT2D eigenvalue weighted by Gasteiger charge is 2.12. The van der Waals surface area contributed by atoms with Gasteiger partial charge < -0.3 is 4.90 Å². The van der Waals surface area contributed by atoms with Crippen LogP contribution in [0.5, 0.6) is 0 Å². The van der Waals surface area contributed by atoms with Crippen molar-refractivity contribution >= 4 is 23.4 Å². The van der Waals surface area contributed by atoms with Crippen LogP contribution in [0.15, 0.2) is 30.5 Å². The van der Waals surface area contributed by atoms with Crippen LogP contribution in [0.4, 0.5) is 16.2 Å². The summed E-state index contributed by atoms with van der Waals surface area (Å²) < 4.78 is 13.6. The molecule has 0 amide bonds. The summed E-state index contributed by atoms with van der Waals surface area (Å²) in [4.78, 5) is 9.75. The molecule has 0 unspecified atom stereocenters. The highest BCUT2D eigenvalue weighted by atomic mass is 35.5. The Morgan fingerprint density at radius 1 is 1.42 bits per heavy atom. The van der Waals surface area contributed by atoms with E-state index in [1.165, 1.54) is 12.3 Å². The lowest BCUT2D eigenvalue weighted by atomic mass is 10.2. The van der Waals surface area contributed by atoms with Gasteiger partial charge in [-0.1, -0.05) is 29.8 Å². The number of benzene rings is 1. The summed E-state index contributed by atoms with van der Waals surface area (Å²) in [5.74, 6) is 5.71. The Labute approximate surface area is 115 Å². The molecule has 7 heteroatoms. The van der Waals surface area contributed by atoms with Crippen LogP contribution in [0.2, 0.25) is 5.02 Å². The lowest BCUT2D eigenvalue weighted by Gasteiger charge is -2.20. The number of aromatic nitrogens is 2. The molecule has 0 saturated carbocycles. The number of nitrogens with zero attached hydrogens (tertiary/aromatic N) is 3. The summed E-state index contributed by atoms with van der Waals surface area (Å²) in [5.41, 5.74) is 2.90. The fraction of sp³-hybridized carbons (Fsp3) is 0.167. The van der Waals surface area contributed by atoms with Gasteiger partial charge in [0.2, 0.25) is 5.95 Å². The zero-order chi connectivity index (χ0) is 13.8. The molecular weight excluding hydrogens is 269 g/mol. The van der Waals surface area contributed by atoms with Crippen molar-refractivity contribution in [2.24, 2.45) is 5.84 Å². The molecule has 5 nitrogen and oxygen atoms in total. The highest BCUT2D eigenvalue weighted by molar-refractivity contribution is 6.32. The molecule has 100 valence electrons. The van der Waals surface area contributed by atoms with Crippen LogP contribution in [-0.2, 0) is 6.54 Å². The Balaban J connectivity index is 2.25. The molecule has 2 aromatic rings.